The molecule has 2 rings (SSSR count). The predicted molar refractivity (Wildman–Crippen MR) is 103 cm³/mol. The number of rotatable bonds is 9. The van der Waals surface area contributed by atoms with Gasteiger partial charge < -0.3 is 15.7 Å². The number of ketones is 1. The second kappa shape index (κ2) is 10.2. The minimum Gasteiger partial charge on any atom is -0.508 e. The third-order valence-corrected chi connectivity index (χ3v) is 4.88. The Morgan fingerprint density at radius 1 is 1.28 bits per heavy atom. The van der Waals surface area contributed by atoms with Gasteiger partial charge in [-0.25, -0.2) is 0 Å². The van der Waals surface area contributed by atoms with Crippen molar-refractivity contribution in [2.45, 2.75) is 51.2 Å². The standard InChI is InChI=1S/C21H30N2O2/c1-3-4-12-20(24)16(2)14-22-18-10-6-7-11-19(18)23-15-17-9-5-8-13-21(17)25/h3-5,8-9,12-13,16,18-19,22-23,25H,1,6-7,10-11,14-15H2,2H3/b12-4-. The third-order valence-electron chi connectivity index (χ3n) is 4.88. The van der Waals surface area contributed by atoms with Crippen LogP contribution in [0.5, 0.6) is 5.75 Å². The van der Waals surface area contributed by atoms with Crippen LogP contribution in [0, 0.1) is 5.92 Å². The highest BCUT2D eigenvalue weighted by Gasteiger charge is 2.25. The van der Waals surface area contributed by atoms with E-state index in [2.05, 4.69) is 17.2 Å². The number of phenolic OH excluding ortho intramolecular Hbond substituents is 1. The molecule has 4 heteroatoms. The quantitative estimate of drug-likeness (QED) is 0.476. The number of hydrogen-bond acceptors (Lipinski definition) is 4. The van der Waals surface area contributed by atoms with Gasteiger partial charge in [0, 0.05) is 36.7 Å². The number of nitrogens with one attached hydrogen (secondary N) is 2. The first kappa shape index (κ1) is 19.4. The fraction of sp³-hybridized carbons (Fsp3) is 0.476. The number of allylic oxidation sites excluding steroid dienone is 3. The lowest BCUT2D eigenvalue weighted by Crippen LogP contribution is -2.50. The van der Waals surface area contributed by atoms with E-state index < -0.39 is 0 Å². The lowest BCUT2D eigenvalue weighted by Gasteiger charge is -2.34. The van der Waals surface area contributed by atoms with Crippen molar-refractivity contribution in [2.75, 3.05) is 6.54 Å². The molecule has 3 unspecified atom stereocenters. The van der Waals surface area contributed by atoms with E-state index in [1.807, 2.05) is 25.1 Å². The zero-order valence-corrected chi connectivity index (χ0v) is 15.1. The summed E-state index contributed by atoms with van der Waals surface area (Å²) in [5.41, 5.74) is 0.921. The highest BCUT2D eigenvalue weighted by atomic mass is 16.3. The Labute approximate surface area is 151 Å². The van der Waals surface area contributed by atoms with Gasteiger partial charge in [-0.3, -0.25) is 4.79 Å². The fourth-order valence-corrected chi connectivity index (χ4v) is 3.28. The van der Waals surface area contributed by atoms with Gasteiger partial charge in [0.05, 0.1) is 0 Å². The Kier molecular flexibility index (Phi) is 7.89. The summed E-state index contributed by atoms with van der Waals surface area (Å²) in [6, 6.07) is 8.16. The number of benzene rings is 1. The van der Waals surface area contributed by atoms with Crippen molar-refractivity contribution in [3.8, 4) is 5.75 Å². The number of carbonyl (C=O) groups excluding carboxylic acids is 1. The molecule has 1 aliphatic carbocycles. The molecule has 0 spiro atoms. The van der Waals surface area contributed by atoms with Gasteiger partial charge in [0.15, 0.2) is 5.78 Å². The molecule has 1 saturated carbocycles. The monoisotopic (exact) mass is 342 g/mol. The highest BCUT2D eigenvalue weighted by molar-refractivity contribution is 5.91. The van der Waals surface area contributed by atoms with Crippen molar-refractivity contribution in [2.24, 2.45) is 5.92 Å². The van der Waals surface area contributed by atoms with Crippen molar-refractivity contribution >= 4 is 5.78 Å². The normalized spacial score (nSPS) is 22.0. The van der Waals surface area contributed by atoms with Crippen LogP contribution in [-0.4, -0.2) is 29.5 Å². The van der Waals surface area contributed by atoms with E-state index >= 15 is 0 Å². The summed E-state index contributed by atoms with van der Waals surface area (Å²) in [4.78, 5) is 12.0. The zero-order chi connectivity index (χ0) is 18.1. The minimum atomic E-state index is -0.0445. The van der Waals surface area contributed by atoms with Crippen molar-refractivity contribution in [1.82, 2.24) is 10.6 Å². The molecule has 3 atom stereocenters. The van der Waals surface area contributed by atoms with Crippen LogP contribution in [0.2, 0.25) is 0 Å². The second-order valence-electron chi connectivity index (χ2n) is 6.81. The molecule has 136 valence electrons. The average molecular weight is 342 g/mol. The molecule has 0 amide bonds. The molecule has 1 aromatic carbocycles. The topological polar surface area (TPSA) is 61.4 Å². The number of phenols is 1. The Morgan fingerprint density at radius 3 is 2.64 bits per heavy atom. The molecule has 0 aromatic heterocycles. The maximum absolute atomic E-state index is 12.0. The van der Waals surface area contributed by atoms with Crippen LogP contribution < -0.4 is 10.6 Å². The van der Waals surface area contributed by atoms with Crippen LogP contribution in [0.3, 0.4) is 0 Å². The van der Waals surface area contributed by atoms with Gasteiger partial charge in [0.1, 0.15) is 5.75 Å². The summed E-state index contributed by atoms with van der Waals surface area (Å²) in [6.07, 6.45) is 9.56. The van der Waals surface area contributed by atoms with Crippen LogP contribution in [0.4, 0.5) is 0 Å². The maximum Gasteiger partial charge on any atom is 0.159 e. The zero-order valence-electron chi connectivity index (χ0n) is 15.1. The van der Waals surface area contributed by atoms with Crippen molar-refractivity contribution in [1.29, 1.82) is 0 Å². The largest absolute Gasteiger partial charge is 0.508 e. The first-order valence-corrected chi connectivity index (χ1v) is 9.18. The van der Waals surface area contributed by atoms with Gasteiger partial charge >= 0.3 is 0 Å². The van der Waals surface area contributed by atoms with Gasteiger partial charge in [-0.1, -0.05) is 56.7 Å². The SMILES string of the molecule is C=C/C=C\C(=O)C(C)CNC1CCCCC1NCc1ccccc1O. The Balaban J connectivity index is 1.85. The van der Waals surface area contributed by atoms with E-state index in [0.717, 1.165) is 18.4 Å². The van der Waals surface area contributed by atoms with Gasteiger partial charge in [0.2, 0.25) is 0 Å². The molecule has 0 radical (unpaired) electrons. The van der Waals surface area contributed by atoms with Crippen LogP contribution in [-0.2, 0) is 11.3 Å². The van der Waals surface area contributed by atoms with Crippen molar-refractivity contribution in [3.05, 3.63) is 54.6 Å². The third kappa shape index (κ3) is 6.15. The van der Waals surface area contributed by atoms with Gasteiger partial charge in [0.25, 0.3) is 0 Å². The van der Waals surface area contributed by atoms with Crippen molar-refractivity contribution in [3.63, 3.8) is 0 Å². The summed E-state index contributed by atoms with van der Waals surface area (Å²) in [6.45, 7) is 6.89. The average Bonchev–Trinajstić information content (AvgIpc) is 2.64. The first-order valence-electron chi connectivity index (χ1n) is 9.18. The maximum atomic E-state index is 12.0. The molecule has 3 N–H and O–H groups in total. The van der Waals surface area contributed by atoms with E-state index in [1.165, 1.54) is 12.8 Å². The van der Waals surface area contributed by atoms with E-state index in [0.29, 0.717) is 30.9 Å². The summed E-state index contributed by atoms with van der Waals surface area (Å²) in [7, 11) is 0. The van der Waals surface area contributed by atoms with Crippen molar-refractivity contribution < 1.29 is 9.90 Å². The molecule has 0 saturated heterocycles. The van der Waals surface area contributed by atoms with E-state index in [4.69, 9.17) is 0 Å². The molecular weight excluding hydrogens is 312 g/mol. The first-order chi connectivity index (χ1) is 12.1. The summed E-state index contributed by atoms with van der Waals surface area (Å²) < 4.78 is 0. The summed E-state index contributed by atoms with van der Waals surface area (Å²) >= 11 is 0. The van der Waals surface area contributed by atoms with Crippen LogP contribution >= 0.6 is 0 Å². The lowest BCUT2D eigenvalue weighted by atomic mass is 9.89. The number of para-hydroxylation sites is 1. The molecule has 0 bridgehead atoms. The van der Waals surface area contributed by atoms with Gasteiger partial charge in [-0.2, -0.15) is 0 Å². The Bertz CT molecular complexity index is 597. The molecule has 1 aromatic rings. The Hall–Kier alpha value is -1.91. The molecule has 0 heterocycles. The smallest absolute Gasteiger partial charge is 0.159 e. The molecular formula is C21H30N2O2. The minimum absolute atomic E-state index is 0.0445. The molecule has 1 fully saturated rings. The van der Waals surface area contributed by atoms with Crippen LogP contribution in [0.25, 0.3) is 0 Å². The van der Waals surface area contributed by atoms with Gasteiger partial charge in [-0.05, 0) is 25.0 Å². The molecule has 0 aliphatic heterocycles. The van der Waals surface area contributed by atoms with Crippen LogP contribution in [0.1, 0.15) is 38.2 Å². The predicted octanol–water partition coefficient (Wildman–Crippen LogP) is 3.33. The van der Waals surface area contributed by atoms with E-state index in [-0.39, 0.29) is 11.7 Å². The second-order valence-corrected chi connectivity index (χ2v) is 6.81. The number of aromatic hydroxyl groups is 1. The van der Waals surface area contributed by atoms with E-state index in [1.54, 1.807) is 24.3 Å². The summed E-state index contributed by atoms with van der Waals surface area (Å²) in [5, 5.41) is 17.1. The fourth-order valence-electron chi connectivity index (χ4n) is 3.28. The van der Waals surface area contributed by atoms with Gasteiger partial charge in [-0.15, -0.1) is 0 Å². The highest BCUT2D eigenvalue weighted by Crippen LogP contribution is 2.21. The van der Waals surface area contributed by atoms with E-state index in [9.17, 15) is 9.90 Å². The lowest BCUT2D eigenvalue weighted by molar-refractivity contribution is -0.117. The molecule has 25 heavy (non-hydrogen) atoms. The Morgan fingerprint density at radius 2 is 1.96 bits per heavy atom. The number of carbonyl (C=O) groups is 1. The molecule has 1 aliphatic rings. The van der Waals surface area contributed by atoms with Crippen LogP contribution in [0.15, 0.2) is 49.1 Å². The number of hydrogen-bond donors (Lipinski definition) is 3. The summed E-state index contributed by atoms with van der Waals surface area (Å²) in [5.74, 6) is 0.419. The molecule has 4 nitrogen and oxygen atoms in total.